The Balaban J connectivity index is 1.75. The molecule has 1 unspecified atom stereocenters. The monoisotopic (exact) mass is 399 g/mol. The first kappa shape index (κ1) is 19.9. The third-order valence-electron chi connectivity index (χ3n) is 5.02. The van der Waals surface area contributed by atoms with Crippen molar-refractivity contribution in [3.63, 3.8) is 0 Å². The minimum absolute atomic E-state index is 0.302. The van der Waals surface area contributed by atoms with E-state index in [1.807, 2.05) is 37.3 Å². The van der Waals surface area contributed by atoms with E-state index in [0.717, 1.165) is 10.5 Å². The molecule has 1 N–H and O–H groups in total. The molecule has 0 saturated carbocycles. The molecule has 0 radical (unpaired) electrons. The zero-order chi connectivity index (χ0) is 20.3. The number of halogens is 1. The van der Waals surface area contributed by atoms with Crippen molar-refractivity contribution >= 4 is 29.4 Å². The summed E-state index contributed by atoms with van der Waals surface area (Å²) in [5, 5.41) is 3.31. The number of hydrogen-bond donors (Lipinski definition) is 1. The normalized spacial score (nSPS) is 18.9. The number of amides is 4. The van der Waals surface area contributed by atoms with Crippen LogP contribution in [0.3, 0.4) is 0 Å². The molecule has 1 atom stereocenters. The molecule has 2 aromatic carbocycles. The molecular formula is C21H22ClN3O3. The summed E-state index contributed by atoms with van der Waals surface area (Å²) in [5.74, 6) is -0.737. The van der Waals surface area contributed by atoms with Crippen LogP contribution >= 0.6 is 11.6 Å². The molecule has 3 rings (SSSR count). The Kier molecular flexibility index (Phi) is 5.70. The summed E-state index contributed by atoms with van der Waals surface area (Å²) >= 11 is 5.94. The van der Waals surface area contributed by atoms with Crippen molar-refractivity contribution in [1.29, 1.82) is 0 Å². The van der Waals surface area contributed by atoms with Crippen molar-refractivity contribution in [3.05, 3.63) is 70.7 Å². The van der Waals surface area contributed by atoms with E-state index in [0.29, 0.717) is 23.6 Å². The van der Waals surface area contributed by atoms with E-state index in [9.17, 15) is 14.4 Å². The van der Waals surface area contributed by atoms with E-state index in [4.69, 9.17) is 11.6 Å². The average molecular weight is 400 g/mol. The molecule has 0 bridgehead atoms. The van der Waals surface area contributed by atoms with Gasteiger partial charge < -0.3 is 10.2 Å². The number of benzene rings is 2. The molecule has 146 valence electrons. The summed E-state index contributed by atoms with van der Waals surface area (Å²) in [4.78, 5) is 40.7. The zero-order valence-electron chi connectivity index (χ0n) is 15.8. The molecule has 0 aromatic heterocycles. The molecule has 1 fully saturated rings. The van der Waals surface area contributed by atoms with E-state index in [1.54, 1.807) is 31.3 Å². The molecule has 1 aliphatic heterocycles. The molecule has 4 amide bonds. The smallest absolute Gasteiger partial charge is 0.325 e. The van der Waals surface area contributed by atoms with Gasteiger partial charge in [-0.2, -0.15) is 0 Å². The Morgan fingerprint density at radius 2 is 1.75 bits per heavy atom. The predicted octanol–water partition coefficient (Wildman–Crippen LogP) is 3.16. The fourth-order valence-corrected chi connectivity index (χ4v) is 3.47. The molecule has 1 aliphatic rings. The Morgan fingerprint density at radius 3 is 2.36 bits per heavy atom. The number of nitrogens with zero attached hydrogens (tertiary/aromatic N) is 2. The molecule has 28 heavy (non-hydrogen) atoms. The number of carbonyl (C=O) groups is 3. The number of hydrogen-bond acceptors (Lipinski definition) is 3. The fraction of sp³-hybridized carbons (Fsp3) is 0.286. The molecule has 0 spiro atoms. The molecule has 0 aliphatic carbocycles. The van der Waals surface area contributed by atoms with Crippen LogP contribution in [0.5, 0.6) is 0 Å². The summed E-state index contributed by atoms with van der Waals surface area (Å²) < 4.78 is 0. The number of imide groups is 1. The van der Waals surface area contributed by atoms with Crippen LogP contribution in [0.1, 0.15) is 24.5 Å². The summed E-state index contributed by atoms with van der Waals surface area (Å²) in [7, 11) is 1.65. The first-order chi connectivity index (χ1) is 13.4. The highest BCUT2D eigenvalue weighted by molar-refractivity contribution is 6.30. The van der Waals surface area contributed by atoms with Crippen molar-refractivity contribution in [2.24, 2.45) is 0 Å². The first-order valence-electron chi connectivity index (χ1n) is 9.05. The molecule has 2 aromatic rings. The van der Waals surface area contributed by atoms with Gasteiger partial charge in [-0.1, -0.05) is 61.0 Å². The van der Waals surface area contributed by atoms with Gasteiger partial charge in [0.2, 0.25) is 5.91 Å². The van der Waals surface area contributed by atoms with Gasteiger partial charge in [-0.05, 0) is 29.7 Å². The maximum Gasteiger partial charge on any atom is 0.325 e. The van der Waals surface area contributed by atoms with Crippen LogP contribution in [0.2, 0.25) is 5.02 Å². The van der Waals surface area contributed by atoms with E-state index >= 15 is 0 Å². The lowest BCUT2D eigenvalue weighted by atomic mass is 9.87. The molecule has 6 nitrogen and oxygen atoms in total. The summed E-state index contributed by atoms with van der Waals surface area (Å²) in [6.45, 7) is 1.92. The molecule has 1 saturated heterocycles. The first-order valence-corrected chi connectivity index (χ1v) is 9.43. The van der Waals surface area contributed by atoms with Gasteiger partial charge in [0, 0.05) is 18.6 Å². The van der Waals surface area contributed by atoms with E-state index < -0.39 is 17.5 Å². The predicted molar refractivity (Wildman–Crippen MR) is 107 cm³/mol. The highest BCUT2D eigenvalue weighted by Gasteiger charge is 2.51. The number of rotatable bonds is 6. The number of nitrogens with one attached hydrogen (secondary N) is 1. The number of carbonyl (C=O) groups excluding carboxylic acids is 3. The van der Waals surface area contributed by atoms with Crippen LogP contribution in [0, 0.1) is 0 Å². The lowest BCUT2D eigenvalue weighted by molar-refractivity contribution is -0.138. The maximum atomic E-state index is 13.1. The SMILES string of the molecule is CCC1(c2ccc(Cl)cc2)NC(=O)N(CC(=O)N(C)Cc2ccccc2)C1=O. The van der Waals surface area contributed by atoms with E-state index in [1.165, 1.54) is 4.90 Å². The average Bonchev–Trinajstić information content (AvgIpc) is 2.94. The van der Waals surface area contributed by atoms with Crippen molar-refractivity contribution in [1.82, 2.24) is 15.1 Å². The Hall–Kier alpha value is -2.86. The highest BCUT2D eigenvalue weighted by Crippen LogP contribution is 2.33. The minimum Gasteiger partial charge on any atom is -0.340 e. The van der Waals surface area contributed by atoms with Crippen LogP contribution in [0.15, 0.2) is 54.6 Å². The second kappa shape index (κ2) is 8.02. The molecular weight excluding hydrogens is 378 g/mol. The Bertz CT molecular complexity index is 886. The lowest BCUT2D eigenvalue weighted by Gasteiger charge is -2.26. The van der Waals surface area contributed by atoms with Gasteiger partial charge in [-0.15, -0.1) is 0 Å². The highest BCUT2D eigenvalue weighted by atomic mass is 35.5. The van der Waals surface area contributed by atoms with Gasteiger partial charge >= 0.3 is 6.03 Å². The summed E-state index contributed by atoms with van der Waals surface area (Å²) in [6, 6.07) is 15.8. The van der Waals surface area contributed by atoms with E-state index in [2.05, 4.69) is 5.32 Å². The minimum atomic E-state index is -1.18. The van der Waals surface area contributed by atoms with Gasteiger partial charge in [-0.25, -0.2) is 4.79 Å². The maximum absolute atomic E-state index is 13.1. The van der Waals surface area contributed by atoms with Crippen LogP contribution in [0.4, 0.5) is 4.79 Å². The van der Waals surface area contributed by atoms with Crippen molar-refractivity contribution in [2.75, 3.05) is 13.6 Å². The van der Waals surface area contributed by atoms with Gasteiger partial charge in [-0.3, -0.25) is 14.5 Å². The van der Waals surface area contributed by atoms with Gasteiger partial charge in [0.1, 0.15) is 12.1 Å². The quantitative estimate of drug-likeness (QED) is 0.758. The van der Waals surface area contributed by atoms with E-state index in [-0.39, 0.29) is 12.5 Å². The lowest BCUT2D eigenvalue weighted by Crippen LogP contribution is -2.45. The van der Waals surface area contributed by atoms with Crippen LogP contribution in [0.25, 0.3) is 0 Å². The third-order valence-corrected chi connectivity index (χ3v) is 5.28. The van der Waals surface area contributed by atoms with Gasteiger partial charge in [0.15, 0.2) is 0 Å². The molecule has 7 heteroatoms. The molecule has 1 heterocycles. The van der Waals surface area contributed by atoms with Crippen molar-refractivity contribution in [3.8, 4) is 0 Å². The van der Waals surface area contributed by atoms with Crippen molar-refractivity contribution < 1.29 is 14.4 Å². The summed E-state index contributed by atoms with van der Waals surface area (Å²) in [6.07, 6.45) is 0.365. The van der Waals surface area contributed by atoms with Crippen LogP contribution < -0.4 is 5.32 Å². The number of urea groups is 1. The Labute approximate surface area is 169 Å². The van der Waals surface area contributed by atoms with Gasteiger partial charge in [0.25, 0.3) is 5.91 Å². The third kappa shape index (κ3) is 3.73. The standard InChI is InChI=1S/C21H22ClN3O3/c1-3-21(16-9-11-17(22)12-10-16)19(27)25(20(28)23-21)14-18(26)24(2)13-15-7-5-4-6-8-15/h4-12H,3,13-14H2,1-2H3,(H,23,28). The second-order valence-corrected chi connectivity index (χ2v) is 7.26. The second-order valence-electron chi connectivity index (χ2n) is 6.82. The zero-order valence-corrected chi connectivity index (χ0v) is 16.6. The van der Waals surface area contributed by atoms with Gasteiger partial charge in [0.05, 0.1) is 0 Å². The summed E-state index contributed by atoms with van der Waals surface area (Å²) in [5.41, 5.74) is 0.435. The largest absolute Gasteiger partial charge is 0.340 e. The fourth-order valence-electron chi connectivity index (χ4n) is 3.34. The number of likely N-dealkylation sites (N-methyl/N-ethyl adjacent to an activating group) is 1. The topological polar surface area (TPSA) is 69.7 Å². The van der Waals surface area contributed by atoms with Crippen LogP contribution in [-0.4, -0.2) is 41.2 Å². The van der Waals surface area contributed by atoms with Crippen molar-refractivity contribution in [2.45, 2.75) is 25.4 Å². The Morgan fingerprint density at radius 1 is 1.11 bits per heavy atom. The van der Waals surface area contributed by atoms with Crippen LogP contribution in [-0.2, 0) is 21.7 Å².